The van der Waals surface area contributed by atoms with Gasteiger partial charge in [0, 0.05) is 41.7 Å². The number of piperidine rings is 1. The number of carbonyl (C=O) groups is 1. The third kappa shape index (κ3) is 4.09. The van der Waals surface area contributed by atoms with E-state index in [9.17, 15) is 4.79 Å². The van der Waals surface area contributed by atoms with Crippen molar-refractivity contribution >= 4 is 23.3 Å². The molecule has 1 amide bonds. The van der Waals surface area contributed by atoms with Gasteiger partial charge >= 0.3 is 6.01 Å². The van der Waals surface area contributed by atoms with Gasteiger partial charge in [0.15, 0.2) is 12.2 Å². The van der Waals surface area contributed by atoms with E-state index >= 15 is 0 Å². The molecule has 174 valence electrons. The van der Waals surface area contributed by atoms with Crippen molar-refractivity contribution in [3.8, 4) is 22.8 Å². The lowest BCUT2D eigenvalue weighted by atomic mass is 10.0. The number of aromatic nitrogens is 4. The predicted molar refractivity (Wildman–Crippen MR) is 127 cm³/mol. The van der Waals surface area contributed by atoms with Crippen molar-refractivity contribution in [1.29, 1.82) is 0 Å². The van der Waals surface area contributed by atoms with Gasteiger partial charge in [-0.15, -0.1) is 11.3 Å². The average molecular weight is 477 g/mol. The molecule has 0 unspecified atom stereocenters. The van der Waals surface area contributed by atoms with E-state index in [1.54, 1.807) is 17.5 Å². The molecule has 0 bridgehead atoms. The Bertz CT molecular complexity index is 1270. The first-order chi connectivity index (χ1) is 16.7. The maximum atomic E-state index is 13.5. The van der Waals surface area contributed by atoms with Crippen LogP contribution in [0.15, 0.2) is 51.2 Å². The highest BCUT2D eigenvalue weighted by Gasteiger charge is 2.39. The van der Waals surface area contributed by atoms with Gasteiger partial charge in [0.2, 0.25) is 5.82 Å². The molecule has 9 nitrogen and oxygen atoms in total. The lowest BCUT2D eigenvalue weighted by molar-refractivity contribution is 0.0629. The van der Waals surface area contributed by atoms with Gasteiger partial charge in [-0.05, 0) is 44.7 Å². The lowest BCUT2D eigenvalue weighted by Crippen LogP contribution is -2.48. The predicted octanol–water partition coefficient (Wildman–Crippen LogP) is 4.43. The minimum absolute atomic E-state index is 0.101. The second-order valence-electron chi connectivity index (χ2n) is 8.76. The summed E-state index contributed by atoms with van der Waals surface area (Å²) >= 11 is 1.57. The van der Waals surface area contributed by atoms with Gasteiger partial charge in [-0.3, -0.25) is 4.79 Å². The van der Waals surface area contributed by atoms with Crippen LogP contribution in [0.2, 0.25) is 0 Å². The van der Waals surface area contributed by atoms with E-state index in [1.807, 2.05) is 36.6 Å². The number of aryl methyl sites for hydroxylation is 1. The number of hydrogen-bond donors (Lipinski definition) is 0. The van der Waals surface area contributed by atoms with Gasteiger partial charge in [0.1, 0.15) is 5.69 Å². The molecular weight excluding hydrogens is 452 g/mol. The van der Waals surface area contributed by atoms with Gasteiger partial charge in [0.05, 0.1) is 11.2 Å². The Balaban J connectivity index is 1.13. The fourth-order valence-corrected chi connectivity index (χ4v) is 5.11. The molecule has 1 saturated heterocycles. The lowest BCUT2D eigenvalue weighted by Gasteiger charge is -2.38. The van der Waals surface area contributed by atoms with Gasteiger partial charge in [-0.25, -0.2) is 9.97 Å². The highest BCUT2D eigenvalue weighted by molar-refractivity contribution is 7.09. The number of nitrogens with zero attached hydrogens (tertiary/aromatic N) is 6. The van der Waals surface area contributed by atoms with E-state index in [1.165, 1.54) is 6.39 Å². The van der Waals surface area contributed by atoms with Gasteiger partial charge in [-0.2, -0.15) is 4.98 Å². The molecule has 0 N–H and O–H groups in total. The second-order valence-corrected chi connectivity index (χ2v) is 9.82. The van der Waals surface area contributed by atoms with Crippen molar-refractivity contribution in [2.75, 3.05) is 18.0 Å². The molecule has 34 heavy (non-hydrogen) atoms. The summed E-state index contributed by atoms with van der Waals surface area (Å²) in [7, 11) is 0. The normalized spacial score (nSPS) is 16.7. The van der Waals surface area contributed by atoms with Crippen molar-refractivity contribution in [3.63, 3.8) is 0 Å². The highest BCUT2D eigenvalue weighted by Crippen LogP contribution is 2.34. The molecule has 1 aromatic carbocycles. The van der Waals surface area contributed by atoms with Crippen molar-refractivity contribution in [1.82, 2.24) is 25.0 Å². The third-order valence-corrected chi connectivity index (χ3v) is 7.19. The van der Waals surface area contributed by atoms with Gasteiger partial charge < -0.3 is 18.7 Å². The first-order valence-electron chi connectivity index (χ1n) is 11.5. The van der Waals surface area contributed by atoms with E-state index in [0.717, 1.165) is 55.0 Å². The number of benzene rings is 1. The molecule has 0 radical (unpaired) electrons. The third-order valence-electron chi connectivity index (χ3n) is 6.42. The molecular formula is C24H24N6O3S. The summed E-state index contributed by atoms with van der Waals surface area (Å²) in [6.07, 6.45) is 6.96. The molecule has 0 spiro atoms. The topological polar surface area (TPSA) is 101 Å². The van der Waals surface area contributed by atoms with Crippen LogP contribution in [-0.2, 0) is 0 Å². The standard InChI is InChI=1S/C24H24N6O3S/c1-15-26-20(13-34-15)22-27-24(33-28-22)29-10-8-19(9-11-29)30(18-6-7-18)23(31)17-4-2-16(3-5-17)21-12-25-14-32-21/h2-5,12-14,18-19H,6-11H2,1H3. The summed E-state index contributed by atoms with van der Waals surface area (Å²) in [6.45, 7) is 3.49. The van der Waals surface area contributed by atoms with Crippen LogP contribution in [0.5, 0.6) is 0 Å². The quantitative estimate of drug-likeness (QED) is 0.403. The van der Waals surface area contributed by atoms with Crippen LogP contribution in [0.25, 0.3) is 22.8 Å². The number of rotatable bonds is 6. The van der Waals surface area contributed by atoms with E-state index in [0.29, 0.717) is 29.2 Å². The zero-order chi connectivity index (χ0) is 23.1. The zero-order valence-electron chi connectivity index (χ0n) is 18.8. The smallest absolute Gasteiger partial charge is 0.324 e. The first kappa shape index (κ1) is 21.0. The molecule has 4 heterocycles. The Labute approximate surface area is 200 Å². The molecule has 4 aromatic rings. The van der Waals surface area contributed by atoms with Crippen molar-refractivity contribution in [3.05, 3.63) is 52.8 Å². The number of thiazole rings is 1. The van der Waals surface area contributed by atoms with Crippen LogP contribution in [-0.4, -0.2) is 56.1 Å². The first-order valence-corrected chi connectivity index (χ1v) is 12.4. The monoisotopic (exact) mass is 476 g/mol. The molecule has 1 aliphatic heterocycles. The molecule has 1 saturated carbocycles. The summed E-state index contributed by atoms with van der Waals surface area (Å²) < 4.78 is 10.9. The number of amides is 1. The molecule has 3 aromatic heterocycles. The van der Waals surface area contributed by atoms with Crippen LogP contribution in [0, 0.1) is 6.92 Å². The Kier molecular flexibility index (Phi) is 5.37. The van der Waals surface area contributed by atoms with Crippen LogP contribution >= 0.6 is 11.3 Å². The fraction of sp³-hybridized carbons (Fsp3) is 0.375. The van der Waals surface area contributed by atoms with Crippen molar-refractivity contribution in [2.24, 2.45) is 0 Å². The zero-order valence-corrected chi connectivity index (χ0v) is 19.6. The van der Waals surface area contributed by atoms with Crippen LogP contribution < -0.4 is 4.90 Å². The maximum Gasteiger partial charge on any atom is 0.324 e. The minimum Gasteiger partial charge on any atom is -0.444 e. The van der Waals surface area contributed by atoms with Gasteiger partial charge in [0.25, 0.3) is 5.91 Å². The van der Waals surface area contributed by atoms with Crippen LogP contribution in [0.4, 0.5) is 6.01 Å². The van der Waals surface area contributed by atoms with Crippen molar-refractivity contribution in [2.45, 2.75) is 44.7 Å². The summed E-state index contributed by atoms with van der Waals surface area (Å²) in [5.41, 5.74) is 2.36. The van der Waals surface area contributed by atoms with E-state index in [-0.39, 0.29) is 11.9 Å². The number of carbonyl (C=O) groups excluding carboxylic acids is 1. The summed E-state index contributed by atoms with van der Waals surface area (Å²) in [6, 6.07) is 8.65. The summed E-state index contributed by atoms with van der Waals surface area (Å²) in [5.74, 6) is 1.31. The number of anilines is 1. The molecule has 1 aliphatic carbocycles. The second kappa shape index (κ2) is 8.68. The maximum absolute atomic E-state index is 13.5. The summed E-state index contributed by atoms with van der Waals surface area (Å²) in [5, 5.41) is 7.01. The fourth-order valence-electron chi connectivity index (χ4n) is 4.52. The highest BCUT2D eigenvalue weighted by atomic mass is 32.1. The van der Waals surface area contributed by atoms with E-state index < -0.39 is 0 Å². The van der Waals surface area contributed by atoms with Crippen LogP contribution in [0.3, 0.4) is 0 Å². The van der Waals surface area contributed by atoms with Crippen LogP contribution in [0.1, 0.15) is 41.0 Å². The number of oxazole rings is 1. The minimum atomic E-state index is 0.101. The molecule has 0 atom stereocenters. The molecule has 6 rings (SSSR count). The van der Waals surface area contributed by atoms with E-state index in [2.05, 4.69) is 29.9 Å². The van der Waals surface area contributed by atoms with Gasteiger partial charge in [-0.1, -0.05) is 17.3 Å². The molecule has 2 aliphatic rings. The summed E-state index contributed by atoms with van der Waals surface area (Å²) in [4.78, 5) is 30.6. The Morgan fingerprint density at radius 2 is 1.85 bits per heavy atom. The number of hydrogen-bond acceptors (Lipinski definition) is 9. The Morgan fingerprint density at radius 1 is 1.09 bits per heavy atom. The molecule has 2 fully saturated rings. The SMILES string of the molecule is Cc1nc(-c2noc(N3CCC(N(C(=O)c4ccc(-c5cnco5)cc4)C4CC4)CC3)n2)cs1. The molecule has 10 heteroatoms. The Hall–Kier alpha value is -3.53. The van der Waals surface area contributed by atoms with Crippen molar-refractivity contribution < 1.29 is 13.7 Å². The Morgan fingerprint density at radius 3 is 2.50 bits per heavy atom. The van der Waals surface area contributed by atoms with E-state index in [4.69, 9.17) is 8.94 Å². The average Bonchev–Trinajstić information content (AvgIpc) is 3.26. The largest absolute Gasteiger partial charge is 0.444 e.